The average Bonchev–Trinajstić information content (AvgIpc) is 3.44. The third kappa shape index (κ3) is 5.66. The Morgan fingerprint density at radius 1 is 1.03 bits per heavy atom. The first-order valence-electron chi connectivity index (χ1n) is 11.7. The van der Waals surface area contributed by atoms with E-state index in [4.69, 9.17) is 20.6 Å². The quantitative estimate of drug-likeness (QED) is 0.207. The van der Waals surface area contributed by atoms with Gasteiger partial charge in [-0.05, 0) is 67.1 Å². The molecule has 4 N–H and O–H groups in total. The fraction of sp³-hybridized carbons (Fsp3) is 0.259. The summed E-state index contributed by atoms with van der Waals surface area (Å²) in [4.78, 5) is 13.2. The van der Waals surface area contributed by atoms with Gasteiger partial charge in [-0.25, -0.2) is 0 Å². The Labute approximate surface area is 209 Å². The predicted molar refractivity (Wildman–Crippen MR) is 141 cm³/mol. The second kappa shape index (κ2) is 11.1. The highest BCUT2D eigenvalue weighted by Crippen LogP contribution is 2.29. The van der Waals surface area contributed by atoms with Crippen molar-refractivity contribution in [1.82, 2.24) is 9.88 Å². The van der Waals surface area contributed by atoms with E-state index < -0.39 is 0 Å². The summed E-state index contributed by atoms with van der Waals surface area (Å²) in [5.41, 5.74) is 10.0. The normalized spacial score (nSPS) is 10.9. The van der Waals surface area contributed by atoms with Crippen molar-refractivity contribution in [3.8, 4) is 11.5 Å². The van der Waals surface area contributed by atoms with Crippen LogP contribution >= 0.6 is 11.3 Å². The van der Waals surface area contributed by atoms with Crippen LogP contribution in [0, 0.1) is 5.41 Å². The molecule has 4 rings (SSSR count). The minimum atomic E-state index is -0.118. The van der Waals surface area contributed by atoms with Crippen LogP contribution in [0.3, 0.4) is 0 Å². The Bertz CT molecular complexity index is 1340. The molecule has 2 aromatic heterocycles. The fourth-order valence-corrected chi connectivity index (χ4v) is 4.84. The third-order valence-corrected chi connectivity index (χ3v) is 6.49. The van der Waals surface area contributed by atoms with Gasteiger partial charge in [0.05, 0.1) is 23.4 Å². The molecule has 0 aliphatic heterocycles. The Hall–Kier alpha value is -3.78. The van der Waals surface area contributed by atoms with Gasteiger partial charge in [-0.3, -0.25) is 10.2 Å². The first kappa shape index (κ1) is 24.3. The molecule has 8 heteroatoms. The first-order valence-corrected chi connectivity index (χ1v) is 12.5. The molecule has 2 aromatic carbocycles. The molecule has 0 spiro atoms. The Morgan fingerprint density at radius 2 is 1.83 bits per heavy atom. The van der Waals surface area contributed by atoms with Crippen molar-refractivity contribution >= 4 is 33.3 Å². The van der Waals surface area contributed by atoms with E-state index in [1.165, 1.54) is 0 Å². The second-order valence-electron chi connectivity index (χ2n) is 8.05. The lowest BCUT2D eigenvalue weighted by molar-refractivity contribution is 0.0945. The highest BCUT2D eigenvalue weighted by Gasteiger charge is 2.17. The monoisotopic (exact) mass is 490 g/mol. The zero-order valence-electron chi connectivity index (χ0n) is 20.0. The number of amidine groups is 1. The molecule has 0 saturated carbocycles. The van der Waals surface area contributed by atoms with Gasteiger partial charge in [0.25, 0.3) is 5.91 Å². The van der Waals surface area contributed by atoms with Crippen molar-refractivity contribution in [3.63, 3.8) is 0 Å². The first-order chi connectivity index (χ1) is 17.0. The summed E-state index contributed by atoms with van der Waals surface area (Å²) in [7, 11) is 0. The number of amides is 1. The number of thiophene rings is 1. The summed E-state index contributed by atoms with van der Waals surface area (Å²) >= 11 is 1.61. The minimum absolute atomic E-state index is 0.0276. The lowest BCUT2D eigenvalue weighted by Gasteiger charge is -2.13. The molecule has 35 heavy (non-hydrogen) atoms. The molecule has 0 aliphatic carbocycles. The molecular weight excluding hydrogens is 460 g/mol. The zero-order valence-corrected chi connectivity index (χ0v) is 20.8. The molecular formula is C27H30N4O3S. The van der Waals surface area contributed by atoms with Crippen LogP contribution in [0.2, 0.25) is 0 Å². The van der Waals surface area contributed by atoms with Gasteiger partial charge < -0.3 is 25.1 Å². The van der Waals surface area contributed by atoms with Crippen LogP contribution in [-0.4, -0.2) is 36.1 Å². The van der Waals surface area contributed by atoms with Crippen LogP contribution in [0.1, 0.15) is 41.0 Å². The van der Waals surface area contributed by atoms with E-state index >= 15 is 0 Å². The number of nitrogens with two attached hydrogens (primary N) is 1. The van der Waals surface area contributed by atoms with Crippen molar-refractivity contribution in [1.29, 1.82) is 5.41 Å². The van der Waals surface area contributed by atoms with E-state index in [1.54, 1.807) is 11.3 Å². The Morgan fingerprint density at radius 3 is 2.60 bits per heavy atom. The van der Waals surface area contributed by atoms with Crippen LogP contribution in [0.5, 0.6) is 11.5 Å². The van der Waals surface area contributed by atoms with Gasteiger partial charge in [-0.2, -0.15) is 0 Å². The second-order valence-corrected chi connectivity index (χ2v) is 9.00. The van der Waals surface area contributed by atoms with Crippen LogP contribution in [0.15, 0.2) is 60.0 Å². The predicted octanol–water partition coefficient (Wildman–Crippen LogP) is 4.81. The topological polar surface area (TPSA) is 102 Å². The summed E-state index contributed by atoms with van der Waals surface area (Å²) in [5.74, 6) is 1.36. The molecule has 0 aliphatic rings. The molecule has 0 fully saturated rings. The van der Waals surface area contributed by atoms with Crippen LogP contribution in [0.25, 0.3) is 10.2 Å². The van der Waals surface area contributed by atoms with Gasteiger partial charge >= 0.3 is 0 Å². The molecule has 182 valence electrons. The molecule has 2 heterocycles. The van der Waals surface area contributed by atoms with Gasteiger partial charge in [-0.1, -0.05) is 24.3 Å². The van der Waals surface area contributed by atoms with Gasteiger partial charge in [0, 0.05) is 18.7 Å². The van der Waals surface area contributed by atoms with E-state index in [0.29, 0.717) is 44.0 Å². The fourth-order valence-electron chi connectivity index (χ4n) is 4.02. The van der Waals surface area contributed by atoms with E-state index in [1.807, 2.05) is 78.4 Å². The number of rotatable bonds is 11. The zero-order chi connectivity index (χ0) is 24.8. The van der Waals surface area contributed by atoms with Crippen molar-refractivity contribution in [2.24, 2.45) is 5.73 Å². The highest BCUT2D eigenvalue weighted by atomic mass is 32.1. The summed E-state index contributed by atoms with van der Waals surface area (Å²) < 4.78 is 14.4. The maximum absolute atomic E-state index is 13.2. The standard InChI is InChI=1S/C27H30N4O3S/c1-3-33-23-9-8-18(15-24(23)34-4-2)10-12-30-27(32)22-16-25-21(11-13-35-25)31(22)17-19-6-5-7-20(14-19)26(28)29/h5-9,11,13-16H,3-4,10,12,17H2,1-2H3,(H3,28,29)(H,30,32). The number of hydrogen-bond donors (Lipinski definition) is 3. The number of nitrogens with one attached hydrogen (secondary N) is 2. The number of carbonyl (C=O) groups excluding carboxylic acids is 1. The maximum atomic E-state index is 13.2. The number of nitrogen functional groups attached to an aromatic ring is 1. The smallest absolute Gasteiger partial charge is 0.267 e. The number of nitrogens with zero attached hydrogens (tertiary/aromatic N) is 1. The van der Waals surface area contributed by atoms with Crippen molar-refractivity contribution < 1.29 is 14.3 Å². The number of carbonyl (C=O) groups is 1. The lowest BCUT2D eigenvalue weighted by atomic mass is 10.1. The highest BCUT2D eigenvalue weighted by molar-refractivity contribution is 7.17. The van der Waals surface area contributed by atoms with Crippen LogP contribution in [0.4, 0.5) is 0 Å². The van der Waals surface area contributed by atoms with Gasteiger partial charge in [0.2, 0.25) is 0 Å². The number of benzene rings is 2. The minimum Gasteiger partial charge on any atom is -0.490 e. The lowest BCUT2D eigenvalue weighted by Crippen LogP contribution is -2.28. The number of hydrogen-bond acceptors (Lipinski definition) is 5. The maximum Gasteiger partial charge on any atom is 0.267 e. The number of aromatic nitrogens is 1. The molecule has 0 radical (unpaired) electrons. The number of ether oxygens (including phenoxy) is 2. The SMILES string of the molecule is CCOc1ccc(CCNC(=O)c2cc3sccc3n2Cc2cccc(C(=N)N)c2)cc1OCC. The van der Waals surface area contributed by atoms with Crippen molar-refractivity contribution in [2.75, 3.05) is 19.8 Å². The molecule has 0 saturated heterocycles. The molecule has 0 atom stereocenters. The number of fused-ring (bicyclic) bond motifs is 1. The van der Waals surface area contributed by atoms with E-state index in [2.05, 4.69) is 5.32 Å². The van der Waals surface area contributed by atoms with Crippen LogP contribution < -0.4 is 20.5 Å². The average molecular weight is 491 g/mol. The Balaban J connectivity index is 1.48. The van der Waals surface area contributed by atoms with E-state index in [0.717, 1.165) is 32.8 Å². The molecule has 4 aromatic rings. The Kier molecular flexibility index (Phi) is 7.72. The van der Waals surface area contributed by atoms with Gasteiger partial charge in [0.15, 0.2) is 11.5 Å². The van der Waals surface area contributed by atoms with E-state index in [-0.39, 0.29) is 11.7 Å². The molecule has 0 unspecified atom stereocenters. The third-order valence-electron chi connectivity index (χ3n) is 5.64. The summed E-state index contributed by atoms with van der Waals surface area (Å²) in [6.45, 7) is 6.03. The van der Waals surface area contributed by atoms with Crippen LogP contribution in [-0.2, 0) is 13.0 Å². The largest absolute Gasteiger partial charge is 0.490 e. The molecule has 0 bridgehead atoms. The van der Waals surface area contributed by atoms with Gasteiger partial charge in [0.1, 0.15) is 11.5 Å². The van der Waals surface area contributed by atoms with E-state index in [9.17, 15) is 4.79 Å². The molecule has 7 nitrogen and oxygen atoms in total. The van der Waals surface area contributed by atoms with Crippen molar-refractivity contribution in [3.05, 3.63) is 82.4 Å². The molecule has 1 amide bonds. The summed E-state index contributed by atoms with van der Waals surface area (Å²) in [6, 6.07) is 17.4. The van der Waals surface area contributed by atoms with Gasteiger partial charge in [-0.15, -0.1) is 11.3 Å². The van der Waals surface area contributed by atoms with Crippen molar-refractivity contribution in [2.45, 2.75) is 26.8 Å². The summed E-state index contributed by atoms with van der Waals surface area (Å²) in [6.07, 6.45) is 0.675. The summed E-state index contributed by atoms with van der Waals surface area (Å²) in [5, 5.41) is 12.8.